The van der Waals surface area contributed by atoms with Gasteiger partial charge in [0.2, 0.25) is 0 Å². The molecule has 3 aliphatic rings. The minimum Gasteiger partial charge on any atom is -0.481 e. The number of piperidine rings is 2. The molecule has 8 nitrogen and oxygen atoms in total. The molecule has 1 N–H and O–H groups in total. The summed E-state index contributed by atoms with van der Waals surface area (Å²) in [6.07, 6.45) is 17.7. The molecule has 0 radical (unpaired) electrons. The third kappa shape index (κ3) is 20.4. The molecule has 0 unspecified atom stereocenters. The number of aliphatic carboxylic acids is 1. The van der Waals surface area contributed by atoms with E-state index in [0.717, 1.165) is 18.8 Å². The number of aldehydes is 1. The molecular formula is C25H44N2O6. The number of hydrogen-bond acceptors (Lipinski definition) is 7. The van der Waals surface area contributed by atoms with E-state index < -0.39 is 5.97 Å². The second-order valence-electron chi connectivity index (χ2n) is 9.09. The Morgan fingerprint density at radius 1 is 0.848 bits per heavy atom. The van der Waals surface area contributed by atoms with Crippen molar-refractivity contribution < 1.29 is 29.1 Å². The van der Waals surface area contributed by atoms with Gasteiger partial charge in [0, 0.05) is 6.42 Å². The summed E-state index contributed by atoms with van der Waals surface area (Å²) >= 11 is 0. The number of carbonyl (C=O) groups excluding carboxylic acids is 4. The van der Waals surface area contributed by atoms with Crippen LogP contribution < -0.4 is 0 Å². The molecule has 2 saturated heterocycles. The first-order chi connectivity index (χ1) is 15.9. The normalized spacial score (nSPS) is 19.2. The van der Waals surface area contributed by atoms with Crippen LogP contribution in [0.3, 0.4) is 0 Å². The lowest BCUT2D eigenvalue weighted by Gasteiger charge is -2.34. The highest BCUT2D eigenvalue weighted by atomic mass is 16.4. The lowest BCUT2D eigenvalue weighted by Crippen LogP contribution is -2.42. The molecule has 3 rings (SSSR count). The van der Waals surface area contributed by atoms with Gasteiger partial charge in [-0.1, -0.05) is 44.9 Å². The fraction of sp³-hybridized carbons (Fsp3) is 0.840. The van der Waals surface area contributed by atoms with Crippen LogP contribution in [-0.2, 0) is 24.0 Å². The van der Waals surface area contributed by atoms with Crippen molar-refractivity contribution in [1.82, 2.24) is 9.80 Å². The van der Waals surface area contributed by atoms with Crippen LogP contribution in [0.2, 0.25) is 0 Å². The third-order valence-corrected chi connectivity index (χ3v) is 6.18. The van der Waals surface area contributed by atoms with Crippen molar-refractivity contribution in [3.63, 3.8) is 0 Å². The lowest BCUT2D eigenvalue weighted by molar-refractivity contribution is -0.191. The molecule has 0 atom stereocenters. The Labute approximate surface area is 199 Å². The second-order valence-corrected chi connectivity index (χ2v) is 9.09. The SMILES string of the molecule is C1CCN(CN2CCCCC2)CC1.CC(=O)CCC1CCCCC1.O=C=O.O=CCC(=O)O. The van der Waals surface area contributed by atoms with E-state index in [1.807, 2.05) is 0 Å². The lowest BCUT2D eigenvalue weighted by atomic mass is 9.86. The molecule has 8 heteroatoms. The van der Waals surface area contributed by atoms with Crippen LogP contribution in [0.5, 0.6) is 0 Å². The van der Waals surface area contributed by atoms with Crippen LogP contribution in [0.25, 0.3) is 0 Å². The van der Waals surface area contributed by atoms with E-state index in [1.165, 1.54) is 103 Å². The van der Waals surface area contributed by atoms with Gasteiger partial charge < -0.3 is 14.7 Å². The van der Waals surface area contributed by atoms with Crippen LogP contribution in [0, 0.1) is 5.92 Å². The molecule has 33 heavy (non-hydrogen) atoms. The predicted molar refractivity (Wildman–Crippen MR) is 126 cm³/mol. The van der Waals surface area contributed by atoms with Crippen molar-refractivity contribution in [2.75, 3.05) is 32.8 Å². The number of carbonyl (C=O) groups is 3. The van der Waals surface area contributed by atoms with E-state index in [1.54, 1.807) is 6.92 Å². The topological polar surface area (TPSA) is 112 Å². The molecule has 3 fully saturated rings. The van der Waals surface area contributed by atoms with Crippen molar-refractivity contribution in [2.24, 2.45) is 5.92 Å². The minimum atomic E-state index is -1.08. The van der Waals surface area contributed by atoms with Gasteiger partial charge in [-0.2, -0.15) is 9.59 Å². The van der Waals surface area contributed by atoms with E-state index in [-0.39, 0.29) is 12.6 Å². The molecule has 0 aromatic heterocycles. The molecule has 0 amide bonds. The maximum Gasteiger partial charge on any atom is 0.373 e. The fourth-order valence-corrected chi connectivity index (χ4v) is 4.44. The highest BCUT2D eigenvalue weighted by molar-refractivity contribution is 5.82. The van der Waals surface area contributed by atoms with Crippen molar-refractivity contribution in [2.45, 2.75) is 96.8 Å². The monoisotopic (exact) mass is 468 g/mol. The zero-order valence-corrected chi connectivity index (χ0v) is 20.5. The van der Waals surface area contributed by atoms with E-state index in [9.17, 15) is 14.4 Å². The molecule has 0 aromatic carbocycles. The summed E-state index contributed by atoms with van der Waals surface area (Å²) in [6.45, 7) is 8.32. The predicted octanol–water partition coefficient (Wildman–Crippen LogP) is 3.93. The summed E-state index contributed by atoms with van der Waals surface area (Å²) < 4.78 is 0. The number of rotatable bonds is 7. The van der Waals surface area contributed by atoms with Crippen LogP contribution in [0.4, 0.5) is 0 Å². The number of Topliss-reactive ketones (excluding diaryl/α,β-unsaturated/α-hetero) is 1. The first-order valence-electron chi connectivity index (χ1n) is 12.5. The van der Waals surface area contributed by atoms with Crippen molar-refractivity contribution in [1.29, 1.82) is 0 Å². The van der Waals surface area contributed by atoms with Crippen molar-refractivity contribution in [3.05, 3.63) is 0 Å². The highest BCUT2D eigenvalue weighted by Gasteiger charge is 2.16. The van der Waals surface area contributed by atoms with Gasteiger partial charge >= 0.3 is 12.1 Å². The van der Waals surface area contributed by atoms with Crippen LogP contribution in [0.15, 0.2) is 0 Å². The van der Waals surface area contributed by atoms with Crippen molar-refractivity contribution in [3.8, 4) is 0 Å². The average Bonchev–Trinajstić information content (AvgIpc) is 2.81. The molecule has 0 bridgehead atoms. The fourth-order valence-electron chi connectivity index (χ4n) is 4.44. The van der Waals surface area contributed by atoms with Crippen LogP contribution in [-0.4, -0.2) is 71.9 Å². The van der Waals surface area contributed by atoms with Gasteiger partial charge in [0.15, 0.2) is 0 Å². The molecule has 2 heterocycles. The average molecular weight is 469 g/mol. The Kier molecular flexibility index (Phi) is 20.7. The Balaban J connectivity index is 0.000000465. The molecule has 0 spiro atoms. The van der Waals surface area contributed by atoms with Gasteiger partial charge in [-0.25, -0.2) is 0 Å². The quantitative estimate of drug-likeness (QED) is 0.442. The summed E-state index contributed by atoms with van der Waals surface area (Å²) in [6, 6.07) is 0. The molecule has 0 aromatic rings. The van der Waals surface area contributed by atoms with Gasteiger partial charge in [0.05, 0.1) is 6.67 Å². The smallest absolute Gasteiger partial charge is 0.373 e. The first kappa shape index (κ1) is 31.1. The molecule has 1 aliphatic carbocycles. The number of hydrogen-bond donors (Lipinski definition) is 1. The Bertz CT molecular complexity index is 529. The zero-order valence-electron chi connectivity index (χ0n) is 20.5. The molecule has 1 saturated carbocycles. The minimum absolute atomic E-state index is 0.250. The van der Waals surface area contributed by atoms with E-state index in [4.69, 9.17) is 14.7 Å². The van der Waals surface area contributed by atoms with Crippen molar-refractivity contribution >= 4 is 24.2 Å². The Morgan fingerprint density at radius 3 is 1.61 bits per heavy atom. The van der Waals surface area contributed by atoms with E-state index in [0.29, 0.717) is 12.1 Å². The standard InChI is InChI=1S/C11H22N2.C10H18O.C3H4O3.CO2/c1-3-7-12(8-4-1)11-13-9-5-2-6-10-13;1-9(11)7-8-10-5-3-2-4-6-10;4-2-1-3(5)6;2-1-3/h1-11H2;10H,2-8H2,1H3;2H,1H2,(H,5,6);. The first-order valence-corrected chi connectivity index (χ1v) is 12.5. The van der Waals surface area contributed by atoms with E-state index >= 15 is 0 Å². The summed E-state index contributed by atoms with van der Waals surface area (Å²) in [4.78, 5) is 50.8. The summed E-state index contributed by atoms with van der Waals surface area (Å²) in [5, 5.41) is 7.68. The molecule has 190 valence electrons. The van der Waals surface area contributed by atoms with Crippen LogP contribution >= 0.6 is 0 Å². The summed E-state index contributed by atoms with van der Waals surface area (Å²) in [7, 11) is 0. The maximum absolute atomic E-state index is 10.7. The van der Waals surface area contributed by atoms with E-state index in [2.05, 4.69) is 9.80 Å². The number of carboxylic acid groups (broad SMARTS) is 1. The van der Waals surface area contributed by atoms with Gasteiger partial charge in [-0.05, 0) is 71.1 Å². The summed E-state index contributed by atoms with van der Waals surface area (Å²) in [5.41, 5.74) is 0. The number of nitrogens with zero attached hydrogens (tertiary/aromatic N) is 2. The molecule has 2 aliphatic heterocycles. The Hall–Kier alpha value is -1.89. The molecular weight excluding hydrogens is 424 g/mol. The third-order valence-electron chi connectivity index (χ3n) is 6.18. The zero-order chi connectivity index (χ0) is 24.7. The number of ketones is 1. The van der Waals surface area contributed by atoms with Gasteiger partial charge in [0.25, 0.3) is 0 Å². The Morgan fingerprint density at radius 2 is 1.27 bits per heavy atom. The highest BCUT2D eigenvalue weighted by Crippen LogP contribution is 2.27. The van der Waals surface area contributed by atoms with Gasteiger partial charge in [0.1, 0.15) is 18.5 Å². The largest absolute Gasteiger partial charge is 0.481 e. The number of carboxylic acids is 1. The second kappa shape index (κ2) is 21.9. The van der Waals surface area contributed by atoms with Gasteiger partial charge in [-0.15, -0.1) is 0 Å². The summed E-state index contributed by atoms with van der Waals surface area (Å²) in [5.74, 6) is 0.147. The maximum atomic E-state index is 10.7. The number of likely N-dealkylation sites (tertiary alicyclic amines) is 2. The van der Waals surface area contributed by atoms with Crippen LogP contribution in [0.1, 0.15) is 96.8 Å². The van der Waals surface area contributed by atoms with Gasteiger partial charge in [-0.3, -0.25) is 14.6 Å².